The van der Waals surface area contributed by atoms with Crippen molar-refractivity contribution in [2.24, 2.45) is 0 Å². The molecule has 1 saturated carbocycles. The highest BCUT2D eigenvalue weighted by molar-refractivity contribution is 5.14. The maximum Gasteiger partial charge on any atom is 0.0695 e. The van der Waals surface area contributed by atoms with E-state index in [4.69, 9.17) is 0 Å². The van der Waals surface area contributed by atoms with Crippen molar-refractivity contribution in [2.45, 2.75) is 37.8 Å². The van der Waals surface area contributed by atoms with Gasteiger partial charge in [-0.1, -0.05) is 30.3 Å². The first-order valence-corrected chi connectivity index (χ1v) is 6.19. The average molecular weight is 219 g/mol. The van der Waals surface area contributed by atoms with Gasteiger partial charge in [0.25, 0.3) is 0 Å². The highest BCUT2D eigenvalue weighted by atomic mass is 16.3. The molecule has 0 bridgehead atoms. The third kappa shape index (κ3) is 2.83. The molecule has 0 saturated heterocycles. The van der Waals surface area contributed by atoms with Gasteiger partial charge in [0.2, 0.25) is 0 Å². The van der Waals surface area contributed by atoms with Crippen LogP contribution in [0.4, 0.5) is 0 Å². The third-order valence-electron chi connectivity index (χ3n) is 3.61. The molecule has 1 aromatic rings. The Morgan fingerprint density at radius 1 is 1.25 bits per heavy atom. The van der Waals surface area contributed by atoms with Crippen LogP contribution in [0.3, 0.4) is 0 Å². The zero-order valence-corrected chi connectivity index (χ0v) is 9.97. The molecule has 1 fully saturated rings. The van der Waals surface area contributed by atoms with Gasteiger partial charge in [-0.2, -0.15) is 0 Å². The monoisotopic (exact) mass is 219 g/mol. The molecule has 1 aliphatic rings. The Kier molecular flexibility index (Phi) is 3.97. The minimum atomic E-state index is -0.110. The van der Waals surface area contributed by atoms with Crippen LogP contribution in [0, 0.1) is 0 Å². The van der Waals surface area contributed by atoms with Gasteiger partial charge in [0.1, 0.15) is 0 Å². The zero-order chi connectivity index (χ0) is 11.4. The maximum absolute atomic E-state index is 9.81. The quantitative estimate of drug-likeness (QED) is 0.838. The predicted octanol–water partition coefficient (Wildman–Crippen LogP) is 2.07. The topological polar surface area (TPSA) is 23.5 Å². The number of benzene rings is 1. The summed E-state index contributed by atoms with van der Waals surface area (Å²) in [5, 5.41) is 9.81. The summed E-state index contributed by atoms with van der Waals surface area (Å²) < 4.78 is 0. The molecule has 88 valence electrons. The van der Waals surface area contributed by atoms with E-state index >= 15 is 0 Å². The standard InChI is InChI=1S/C14H21NO/c1-15(13-8-5-9-14(13)16)11-10-12-6-3-2-4-7-12/h2-4,6-7,13-14,16H,5,8-11H2,1H3. The van der Waals surface area contributed by atoms with Crippen LogP contribution in [0.5, 0.6) is 0 Å². The molecule has 0 spiro atoms. The van der Waals surface area contributed by atoms with Crippen molar-refractivity contribution in [3.63, 3.8) is 0 Å². The Balaban J connectivity index is 1.81. The largest absolute Gasteiger partial charge is 0.391 e. The van der Waals surface area contributed by atoms with Crippen LogP contribution in [-0.2, 0) is 6.42 Å². The summed E-state index contributed by atoms with van der Waals surface area (Å²) in [5.74, 6) is 0. The van der Waals surface area contributed by atoms with Gasteiger partial charge in [-0.15, -0.1) is 0 Å². The second-order valence-electron chi connectivity index (χ2n) is 4.78. The molecule has 0 aliphatic heterocycles. The normalized spacial score (nSPS) is 25.2. The highest BCUT2D eigenvalue weighted by Gasteiger charge is 2.28. The maximum atomic E-state index is 9.81. The fourth-order valence-corrected chi connectivity index (χ4v) is 2.55. The third-order valence-corrected chi connectivity index (χ3v) is 3.61. The van der Waals surface area contributed by atoms with Crippen LogP contribution >= 0.6 is 0 Å². The SMILES string of the molecule is CN(CCc1ccccc1)C1CCCC1O. The van der Waals surface area contributed by atoms with Crippen molar-refractivity contribution >= 4 is 0 Å². The summed E-state index contributed by atoms with van der Waals surface area (Å²) in [5.41, 5.74) is 1.38. The lowest BCUT2D eigenvalue weighted by atomic mass is 10.1. The molecule has 0 aromatic heterocycles. The molecule has 0 amide bonds. The smallest absolute Gasteiger partial charge is 0.0695 e. The first-order valence-electron chi connectivity index (χ1n) is 6.19. The van der Waals surface area contributed by atoms with E-state index in [-0.39, 0.29) is 6.10 Å². The first kappa shape index (κ1) is 11.6. The highest BCUT2D eigenvalue weighted by Crippen LogP contribution is 2.23. The van der Waals surface area contributed by atoms with Gasteiger partial charge in [0.15, 0.2) is 0 Å². The summed E-state index contributed by atoms with van der Waals surface area (Å²) >= 11 is 0. The van der Waals surface area contributed by atoms with E-state index in [1.807, 2.05) is 6.07 Å². The summed E-state index contributed by atoms with van der Waals surface area (Å²) in [7, 11) is 2.13. The molecule has 2 nitrogen and oxygen atoms in total. The molecular formula is C14H21NO. The second-order valence-corrected chi connectivity index (χ2v) is 4.78. The molecule has 1 aromatic carbocycles. The number of nitrogens with zero attached hydrogens (tertiary/aromatic N) is 1. The van der Waals surface area contributed by atoms with E-state index in [0.29, 0.717) is 6.04 Å². The van der Waals surface area contributed by atoms with Gasteiger partial charge in [-0.05, 0) is 38.3 Å². The summed E-state index contributed by atoms with van der Waals surface area (Å²) in [6, 6.07) is 10.9. The van der Waals surface area contributed by atoms with Crippen molar-refractivity contribution in [1.82, 2.24) is 4.90 Å². The average Bonchev–Trinajstić information content (AvgIpc) is 2.74. The number of aliphatic hydroxyl groups is 1. The molecule has 0 heterocycles. The summed E-state index contributed by atoms with van der Waals surface area (Å²) in [6.07, 6.45) is 4.25. The second kappa shape index (κ2) is 5.46. The molecule has 1 aliphatic carbocycles. The first-order chi connectivity index (χ1) is 7.77. The van der Waals surface area contributed by atoms with E-state index in [9.17, 15) is 5.11 Å². The lowest BCUT2D eigenvalue weighted by Crippen LogP contribution is -2.38. The van der Waals surface area contributed by atoms with Crippen LogP contribution in [0.25, 0.3) is 0 Å². The molecule has 0 radical (unpaired) electrons. The van der Waals surface area contributed by atoms with Crippen LogP contribution < -0.4 is 0 Å². The van der Waals surface area contributed by atoms with E-state index < -0.39 is 0 Å². The Labute approximate surface area is 97.9 Å². The molecule has 16 heavy (non-hydrogen) atoms. The number of aliphatic hydroxyl groups excluding tert-OH is 1. The molecule has 2 heteroatoms. The lowest BCUT2D eigenvalue weighted by molar-refractivity contribution is 0.0870. The molecule has 2 rings (SSSR count). The summed E-state index contributed by atoms with van der Waals surface area (Å²) in [4.78, 5) is 2.31. The molecule has 2 unspecified atom stereocenters. The van der Waals surface area contributed by atoms with Crippen molar-refractivity contribution in [1.29, 1.82) is 0 Å². The van der Waals surface area contributed by atoms with Gasteiger partial charge < -0.3 is 10.0 Å². The molecular weight excluding hydrogens is 198 g/mol. The lowest BCUT2D eigenvalue weighted by Gasteiger charge is -2.26. The fraction of sp³-hybridized carbons (Fsp3) is 0.571. The van der Waals surface area contributed by atoms with Crippen LogP contribution in [0.1, 0.15) is 24.8 Å². The Hall–Kier alpha value is -0.860. The Morgan fingerprint density at radius 3 is 2.62 bits per heavy atom. The number of likely N-dealkylation sites (N-methyl/N-ethyl adjacent to an activating group) is 1. The van der Waals surface area contributed by atoms with Crippen LogP contribution in [0.15, 0.2) is 30.3 Å². The fourth-order valence-electron chi connectivity index (χ4n) is 2.55. The van der Waals surface area contributed by atoms with Crippen LogP contribution in [-0.4, -0.2) is 35.7 Å². The van der Waals surface area contributed by atoms with Gasteiger partial charge >= 0.3 is 0 Å². The summed E-state index contributed by atoms with van der Waals surface area (Å²) in [6.45, 7) is 1.03. The number of hydrogen-bond acceptors (Lipinski definition) is 2. The van der Waals surface area contributed by atoms with Gasteiger partial charge in [0.05, 0.1) is 6.10 Å². The minimum Gasteiger partial charge on any atom is -0.391 e. The number of hydrogen-bond donors (Lipinski definition) is 1. The van der Waals surface area contributed by atoms with Gasteiger partial charge in [-0.3, -0.25) is 0 Å². The molecule has 2 atom stereocenters. The van der Waals surface area contributed by atoms with Crippen molar-refractivity contribution < 1.29 is 5.11 Å². The molecule has 1 N–H and O–H groups in total. The van der Waals surface area contributed by atoms with Gasteiger partial charge in [-0.25, -0.2) is 0 Å². The van der Waals surface area contributed by atoms with Crippen molar-refractivity contribution in [3.05, 3.63) is 35.9 Å². The van der Waals surface area contributed by atoms with Crippen molar-refractivity contribution in [2.75, 3.05) is 13.6 Å². The minimum absolute atomic E-state index is 0.110. The van der Waals surface area contributed by atoms with Crippen molar-refractivity contribution in [3.8, 4) is 0 Å². The van der Waals surface area contributed by atoms with E-state index in [2.05, 4.69) is 36.2 Å². The Morgan fingerprint density at radius 2 is 2.00 bits per heavy atom. The number of rotatable bonds is 4. The van der Waals surface area contributed by atoms with Gasteiger partial charge in [0, 0.05) is 12.6 Å². The van der Waals surface area contributed by atoms with E-state index in [1.165, 1.54) is 12.0 Å². The van der Waals surface area contributed by atoms with Crippen LogP contribution in [0.2, 0.25) is 0 Å². The van der Waals surface area contributed by atoms with E-state index in [1.54, 1.807) is 0 Å². The Bertz CT molecular complexity index is 312. The zero-order valence-electron chi connectivity index (χ0n) is 9.97. The predicted molar refractivity (Wildman–Crippen MR) is 66.4 cm³/mol. The van der Waals surface area contributed by atoms with E-state index in [0.717, 1.165) is 25.8 Å².